The topological polar surface area (TPSA) is 40.5 Å². The summed E-state index contributed by atoms with van der Waals surface area (Å²) in [4.78, 5) is 12.8. The van der Waals surface area contributed by atoms with Crippen molar-refractivity contribution in [3.8, 4) is 0 Å². The Morgan fingerprint density at radius 3 is 1.32 bits per heavy atom. The van der Waals surface area contributed by atoms with Crippen molar-refractivity contribution < 1.29 is 13.1 Å². The maximum absolute atomic E-state index is 4.76. The molecule has 3 aromatic rings. The van der Waals surface area contributed by atoms with Crippen molar-refractivity contribution in [2.24, 2.45) is 9.98 Å². The minimum absolute atomic E-state index is 0.194. The fraction of sp³-hybridized carbons (Fsp3) is 0.182. The zero-order chi connectivity index (χ0) is 20.5. The summed E-state index contributed by atoms with van der Waals surface area (Å²) < 4.78 is 0. The fourth-order valence-corrected chi connectivity index (χ4v) is 2.56. The Kier molecular flexibility index (Phi) is 9.00. The Morgan fingerprint density at radius 2 is 1.00 bits per heavy atom. The molecule has 1 N–H and O–H groups in total. The summed E-state index contributed by atoms with van der Waals surface area (Å²) in [5.41, 5.74) is 8.33. The van der Waals surface area contributed by atoms with Gasteiger partial charge < -0.3 is 4.98 Å². The predicted molar refractivity (Wildman–Crippen MR) is 119 cm³/mol. The Morgan fingerprint density at radius 1 is 0.679 bits per heavy atom. The Bertz CT molecular complexity index is 867. The van der Waals surface area contributed by atoms with E-state index in [9.17, 15) is 0 Å². The average Bonchev–Trinajstić information content (AvgIpc) is 3.17. The van der Waals surface area contributed by atoms with Gasteiger partial charge in [0.2, 0.25) is 0 Å². The first-order valence-corrected chi connectivity index (χ1v) is 11.8. The average molecular weight is 456 g/mol. The molecule has 0 amide bonds. The van der Waals surface area contributed by atoms with Crippen LogP contribution in [-0.2, 0) is 13.1 Å². The van der Waals surface area contributed by atoms with E-state index in [-0.39, 0.29) is 13.1 Å². The third-order valence-electron chi connectivity index (χ3n) is 4.13. The summed E-state index contributed by atoms with van der Waals surface area (Å²) >= 11 is 0.194. The number of nitrogens with zero attached hydrogens (tertiary/aromatic N) is 2. The molecule has 6 heteroatoms. The van der Waals surface area contributed by atoms with Gasteiger partial charge in [-0.15, -0.1) is 0 Å². The number of rotatable bonds is 4. The van der Waals surface area contributed by atoms with Crippen molar-refractivity contribution in [2.75, 3.05) is 0 Å². The van der Waals surface area contributed by atoms with Crippen LogP contribution in [-0.4, -0.2) is 16.4 Å². The molecular formula is C22H23Cl2FeN3. The second-order valence-corrected chi connectivity index (χ2v) is 8.23. The van der Waals surface area contributed by atoms with Gasteiger partial charge >= 0.3 is 33.3 Å². The van der Waals surface area contributed by atoms with Crippen molar-refractivity contribution in [1.29, 1.82) is 0 Å². The molecule has 0 bridgehead atoms. The van der Waals surface area contributed by atoms with Crippen molar-refractivity contribution in [3.05, 3.63) is 83.2 Å². The number of halogens is 2. The molecule has 3 rings (SSSR count). The standard InChI is InChI=1S/C22H23N3.2ClH.Fe/c1-15-5-9-19(10-6-15)23-17(3)21-13-14-22(25-21)18(4)24-20-11-7-16(2)8-12-20;;;/h5-14,25H,1-4H3;2*1H;/q;;;+2/p-2. The minimum atomic E-state index is 0.194. The summed E-state index contributed by atoms with van der Waals surface area (Å²) in [6.07, 6.45) is 0. The number of H-pyrrole nitrogens is 1. The van der Waals surface area contributed by atoms with Gasteiger partial charge in [-0.3, -0.25) is 9.98 Å². The Labute approximate surface area is 181 Å². The van der Waals surface area contributed by atoms with E-state index in [4.69, 9.17) is 20.2 Å². The predicted octanol–water partition coefficient (Wildman–Crippen LogP) is 7.29. The van der Waals surface area contributed by atoms with Crippen LogP contribution in [0.25, 0.3) is 0 Å². The monoisotopic (exact) mass is 455 g/mol. The molecule has 0 saturated carbocycles. The van der Waals surface area contributed by atoms with Crippen molar-refractivity contribution in [3.63, 3.8) is 0 Å². The van der Waals surface area contributed by atoms with E-state index in [1.165, 1.54) is 11.1 Å². The van der Waals surface area contributed by atoms with E-state index in [0.717, 1.165) is 34.2 Å². The molecule has 0 fully saturated rings. The quantitative estimate of drug-likeness (QED) is 0.317. The number of hydrogen-bond donors (Lipinski definition) is 1. The summed E-state index contributed by atoms with van der Waals surface area (Å²) in [6.45, 7) is 8.19. The third-order valence-corrected chi connectivity index (χ3v) is 4.13. The summed E-state index contributed by atoms with van der Waals surface area (Å²) in [6, 6.07) is 20.5. The first kappa shape index (κ1) is 22.4. The zero-order valence-electron chi connectivity index (χ0n) is 16.3. The van der Waals surface area contributed by atoms with Gasteiger partial charge in [-0.1, -0.05) is 35.4 Å². The molecule has 0 saturated heterocycles. The van der Waals surface area contributed by atoms with E-state index in [1.807, 2.05) is 38.1 Å². The van der Waals surface area contributed by atoms with Crippen LogP contribution in [0.5, 0.6) is 0 Å². The van der Waals surface area contributed by atoms with Gasteiger partial charge in [0.1, 0.15) is 0 Å². The molecule has 0 atom stereocenters. The van der Waals surface area contributed by atoms with Gasteiger partial charge in [0, 0.05) is 0 Å². The normalized spacial score (nSPS) is 11.9. The number of aryl methyl sites for hydroxylation is 2. The van der Waals surface area contributed by atoms with Gasteiger partial charge in [0.05, 0.1) is 34.2 Å². The Balaban J connectivity index is 0.000000878. The van der Waals surface area contributed by atoms with E-state index in [2.05, 4.69) is 65.2 Å². The van der Waals surface area contributed by atoms with Crippen LogP contribution in [0, 0.1) is 13.8 Å². The van der Waals surface area contributed by atoms with Crippen LogP contribution in [0.3, 0.4) is 0 Å². The van der Waals surface area contributed by atoms with Crippen LogP contribution in [0.15, 0.2) is 70.6 Å². The van der Waals surface area contributed by atoms with Crippen LogP contribution >= 0.6 is 20.2 Å². The summed E-state index contributed by atoms with van der Waals surface area (Å²) in [7, 11) is 9.53. The molecule has 1 heterocycles. The number of benzene rings is 2. The number of aromatic nitrogens is 1. The first-order chi connectivity index (χ1) is 13.4. The molecule has 2 aromatic carbocycles. The van der Waals surface area contributed by atoms with E-state index >= 15 is 0 Å². The molecular weight excluding hydrogens is 433 g/mol. The van der Waals surface area contributed by atoms with Crippen LogP contribution in [0.4, 0.5) is 11.4 Å². The van der Waals surface area contributed by atoms with Crippen molar-refractivity contribution in [2.45, 2.75) is 27.7 Å². The van der Waals surface area contributed by atoms with Crippen molar-refractivity contribution >= 4 is 43.0 Å². The van der Waals surface area contributed by atoms with Gasteiger partial charge in [0.25, 0.3) is 0 Å². The molecule has 148 valence electrons. The number of aliphatic imine (C=N–C) groups is 2. The SMILES string of the molecule is CC(=Nc1ccc(C)cc1)c1ccc(C(C)=Nc2ccc(C)cc2)[nH]1.[Cl][Fe][Cl]. The third kappa shape index (κ3) is 6.96. The van der Waals surface area contributed by atoms with E-state index < -0.39 is 0 Å². The Hall–Kier alpha value is -1.84. The molecule has 0 radical (unpaired) electrons. The van der Waals surface area contributed by atoms with Gasteiger partial charge in [-0.25, -0.2) is 0 Å². The first-order valence-electron chi connectivity index (χ1n) is 8.72. The second-order valence-electron chi connectivity index (χ2n) is 6.40. The van der Waals surface area contributed by atoms with E-state index in [1.54, 1.807) is 0 Å². The second kappa shape index (κ2) is 11.2. The van der Waals surface area contributed by atoms with Crippen molar-refractivity contribution in [1.82, 2.24) is 4.98 Å². The molecule has 0 aliphatic rings. The molecule has 3 nitrogen and oxygen atoms in total. The molecule has 28 heavy (non-hydrogen) atoms. The maximum atomic E-state index is 4.76. The van der Waals surface area contributed by atoms with Gasteiger partial charge in [-0.05, 0) is 64.1 Å². The molecule has 0 aliphatic carbocycles. The number of hydrogen-bond acceptors (Lipinski definition) is 2. The summed E-state index contributed by atoms with van der Waals surface area (Å²) in [5, 5.41) is 0. The van der Waals surface area contributed by atoms with Crippen LogP contribution in [0.1, 0.15) is 36.4 Å². The van der Waals surface area contributed by atoms with Gasteiger partial charge in [0.15, 0.2) is 0 Å². The molecule has 0 spiro atoms. The zero-order valence-corrected chi connectivity index (χ0v) is 18.9. The fourth-order valence-electron chi connectivity index (χ4n) is 2.56. The summed E-state index contributed by atoms with van der Waals surface area (Å²) in [5.74, 6) is 0. The van der Waals surface area contributed by atoms with E-state index in [0.29, 0.717) is 0 Å². The van der Waals surface area contributed by atoms with Crippen LogP contribution < -0.4 is 0 Å². The van der Waals surface area contributed by atoms with Gasteiger partial charge in [-0.2, -0.15) is 0 Å². The molecule has 0 unspecified atom stereocenters. The number of nitrogens with one attached hydrogen (secondary N) is 1. The van der Waals surface area contributed by atoms with Crippen LogP contribution in [0.2, 0.25) is 0 Å². The number of aromatic amines is 1. The molecule has 1 aromatic heterocycles. The molecule has 0 aliphatic heterocycles.